The van der Waals surface area contributed by atoms with Crippen molar-refractivity contribution in [1.82, 2.24) is 20.5 Å². The lowest BCUT2D eigenvalue weighted by Crippen LogP contribution is -2.47. The molecule has 2 heterocycles. The number of amides is 2. The Hall–Kier alpha value is -3.12. The van der Waals surface area contributed by atoms with E-state index in [4.69, 9.17) is 0 Å². The van der Waals surface area contributed by atoms with Gasteiger partial charge < -0.3 is 15.6 Å². The first kappa shape index (κ1) is 23.1. The second-order valence-corrected chi connectivity index (χ2v) is 9.04. The smallest absolute Gasteiger partial charge is 0.243 e. The first-order chi connectivity index (χ1) is 16.1. The highest BCUT2D eigenvalue weighted by atomic mass is 16.2. The van der Waals surface area contributed by atoms with Crippen LogP contribution < -0.4 is 10.6 Å². The molecular formula is C27H34N4O2. The van der Waals surface area contributed by atoms with E-state index in [1.54, 1.807) is 0 Å². The van der Waals surface area contributed by atoms with Crippen molar-refractivity contribution < 1.29 is 9.59 Å². The average Bonchev–Trinajstić information content (AvgIpc) is 3.04. The van der Waals surface area contributed by atoms with Gasteiger partial charge in [0.05, 0.1) is 0 Å². The number of likely N-dealkylation sites (tertiary alicyclic amines) is 1. The zero-order chi connectivity index (χ0) is 23.0. The zero-order valence-corrected chi connectivity index (χ0v) is 19.4. The van der Waals surface area contributed by atoms with Crippen LogP contribution in [0.15, 0.2) is 54.7 Å². The fraction of sp³-hybridized carbons (Fsp3) is 0.407. The maximum Gasteiger partial charge on any atom is 0.243 e. The van der Waals surface area contributed by atoms with Gasteiger partial charge in [0.25, 0.3) is 0 Å². The Balaban J connectivity index is 1.34. The number of benzene rings is 2. The van der Waals surface area contributed by atoms with Crippen LogP contribution in [0.4, 0.5) is 0 Å². The Morgan fingerprint density at radius 2 is 1.67 bits per heavy atom. The molecule has 0 spiro atoms. The lowest BCUT2D eigenvalue weighted by atomic mass is 10.0. The van der Waals surface area contributed by atoms with Crippen LogP contribution in [0.2, 0.25) is 0 Å². The number of nitrogens with one attached hydrogen (secondary N) is 3. The number of aromatic nitrogens is 1. The van der Waals surface area contributed by atoms with Gasteiger partial charge in [0, 0.05) is 43.5 Å². The molecule has 2 amide bonds. The molecule has 1 aliphatic rings. The van der Waals surface area contributed by atoms with E-state index in [1.807, 2.05) is 30.5 Å². The quantitative estimate of drug-likeness (QED) is 0.491. The first-order valence-electron chi connectivity index (χ1n) is 12.0. The number of hydrogen-bond donors (Lipinski definition) is 3. The fourth-order valence-electron chi connectivity index (χ4n) is 4.60. The lowest BCUT2D eigenvalue weighted by molar-refractivity contribution is -0.128. The van der Waals surface area contributed by atoms with E-state index in [0.29, 0.717) is 13.0 Å². The largest absolute Gasteiger partial charge is 0.361 e. The van der Waals surface area contributed by atoms with E-state index < -0.39 is 6.04 Å². The molecule has 1 unspecified atom stereocenters. The van der Waals surface area contributed by atoms with Gasteiger partial charge in [-0.25, -0.2) is 0 Å². The van der Waals surface area contributed by atoms with Crippen LogP contribution in [0.5, 0.6) is 0 Å². The monoisotopic (exact) mass is 446 g/mol. The number of H-pyrrole nitrogens is 1. The van der Waals surface area contributed by atoms with Gasteiger partial charge in [-0.1, -0.05) is 55.3 Å². The highest BCUT2D eigenvalue weighted by molar-refractivity contribution is 5.89. The summed E-state index contributed by atoms with van der Waals surface area (Å²) in [4.78, 5) is 30.4. The van der Waals surface area contributed by atoms with Gasteiger partial charge >= 0.3 is 0 Å². The molecule has 1 aliphatic heterocycles. The standard InChI is InChI=1S/C27H34N4O2/c1-20(32)30-26(16-23-18-28-25-9-5-4-8-24(23)25)27(33)29-17-21-10-12-22(13-11-21)19-31-14-6-2-3-7-15-31/h4-5,8-13,18,26,28H,2-3,6-7,14-17,19H2,1H3,(H,29,33)(H,30,32). The molecule has 1 atom stereocenters. The highest BCUT2D eigenvalue weighted by Gasteiger charge is 2.21. The normalized spacial score (nSPS) is 15.7. The van der Waals surface area contributed by atoms with Crippen molar-refractivity contribution in [3.05, 3.63) is 71.4 Å². The first-order valence-corrected chi connectivity index (χ1v) is 12.0. The minimum Gasteiger partial charge on any atom is -0.361 e. The summed E-state index contributed by atoms with van der Waals surface area (Å²) in [6.45, 7) is 5.23. The fourth-order valence-corrected chi connectivity index (χ4v) is 4.60. The minimum absolute atomic E-state index is 0.177. The third kappa shape index (κ3) is 6.45. The summed E-state index contributed by atoms with van der Waals surface area (Å²) >= 11 is 0. The number of rotatable bonds is 8. The van der Waals surface area contributed by atoms with Gasteiger partial charge in [-0.15, -0.1) is 0 Å². The molecule has 6 heteroatoms. The Labute approximate surface area is 195 Å². The predicted octanol–water partition coefficient (Wildman–Crippen LogP) is 3.91. The third-order valence-corrected chi connectivity index (χ3v) is 6.39. The number of aromatic amines is 1. The van der Waals surface area contributed by atoms with Crippen LogP contribution in [0.3, 0.4) is 0 Å². The molecule has 3 N–H and O–H groups in total. The number of nitrogens with zero attached hydrogens (tertiary/aromatic N) is 1. The summed E-state index contributed by atoms with van der Waals surface area (Å²) in [6.07, 6.45) is 7.61. The molecule has 0 bridgehead atoms. The van der Waals surface area contributed by atoms with E-state index >= 15 is 0 Å². The van der Waals surface area contributed by atoms with Crippen molar-refractivity contribution in [3.8, 4) is 0 Å². The lowest BCUT2D eigenvalue weighted by Gasteiger charge is -2.20. The molecule has 0 saturated carbocycles. The van der Waals surface area contributed by atoms with Crippen LogP contribution in [0, 0.1) is 0 Å². The highest BCUT2D eigenvalue weighted by Crippen LogP contribution is 2.19. The molecule has 6 nitrogen and oxygen atoms in total. The van der Waals surface area contributed by atoms with E-state index in [0.717, 1.165) is 28.6 Å². The number of fused-ring (bicyclic) bond motifs is 1. The molecule has 0 aliphatic carbocycles. The molecule has 33 heavy (non-hydrogen) atoms. The number of hydrogen-bond acceptors (Lipinski definition) is 3. The Morgan fingerprint density at radius 1 is 0.970 bits per heavy atom. The number of carbonyl (C=O) groups is 2. The maximum atomic E-state index is 12.9. The Bertz CT molecular complexity index is 1070. The van der Waals surface area contributed by atoms with Crippen molar-refractivity contribution in [1.29, 1.82) is 0 Å². The third-order valence-electron chi connectivity index (χ3n) is 6.39. The summed E-state index contributed by atoms with van der Waals surface area (Å²) in [5.74, 6) is -0.392. The molecule has 3 aromatic rings. The SMILES string of the molecule is CC(=O)NC(Cc1c[nH]c2ccccc12)C(=O)NCc1ccc(CN2CCCCCC2)cc1. The van der Waals surface area contributed by atoms with Crippen molar-refractivity contribution in [2.24, 2.45) is 0 Å². The van der Waals surface area contributed by atoms with Gasteiger partial charge in [-0.05, 0) is 48.7 Å². The summed E-state index contributed by atoms with van der Waals surface area (Å²) in [6, 6.07) is 15.8. The molecule has 1 fully saturated rings. The second kappa shape index (κ2) is 11.1. The van der Waals surface area contributed by atoms with Crippen LogP contribution in [-0.4, -0.2) is 40.8 Å². The zero-order valence-electron chi connectivity index (χ0n) is 19.4. The molecule has 174 valence electrons. The molecule has 0 radical (unpaired) electrons. The number of para-hydroxylation sites is 1. The van der Waals surface area contributed by atoms with Gasteiger partial charge in [-0.3, -0.25) is 14.5 Å². The summed E-state index contributed by atoms with van der Waals surface area (Å²) < 4.78 is 0. The Kier molecular flexibility index (Phi) is 7.79. The molecule has 1 aromatic heterocycles. The maximum absolute atomic E-state index is 12.9. The van der Waals surface area contributed by atoms with Crippen molar-refractivity contribution in [2.75, 3.05) is 13.1 Å². The van der Waals surface area contributed by atoms with Gasteiger partial charge in [-0.2, -0.15) is 0 Å². The molecular weight excluding hydrogens is 412 g/mol. The Morgan fingerprint density at radius 3 is 2.39 bits per heavy atom. The van der Waals surface area contributed by atoms with Crippen LogP contribution in [0.1, 0.15) is 49.3 Å². The van der Waals surface area contributed by atoms with E-state index in [-0.39, 0.29) is 11.8 Å². The topological polar surface area (TPSA) is 77.2 Å². The van der Waals surface area contributed by atoms with Crippen LogP contribution >= 0.6 is 0 Å². The van der Waals surface area contributed by atoms with Crippen LogP contribution in [0.25, 0.3) is 10.9 Å². The summed E-state index contributed by atoms with van der Waals surface area (Å²) in [7, 11) is 0. The summed E-state index contributed by atoms with van der Waals surface area (Å²) in [5.41, 5.74) is 4.39. The molecule has 2 aromatic carbocycles. The second-order valence-electron chi connectivity index (χ2n) is 9.04. The van der Waals surface area contributed by atoms with Gasteiger partial charge in [0.1, 0.15) is 6.04 Å². The van der Waals surface area contributed by atoms with Crippen molar-refractivity contribution >= 4 is 22.7 Å². The van der Waals surface area contributed by atoms with Crippen molar-refractivity contribution in [2.45, 2.75) is 58.2 Å². The van der Waals surface area contributed by atoms with Crippen LogP contribution in [-0.2, 0) is 29.1 Å². The van der Waals surface area contributed by atoms with Gasteiger partial charge in [0.15, 0.2) is 0 Å². The van der Waals surface area contributed by atoms with E-state index in [1.165, 1.54) is 51.3 Å². The summed E-state index contributed by atoms with van der Waals surface area (Å²) in [5, 5.41) is 6.88. The predicted molar refractivity (Wildman–Crippen MR) is 132 cm³/mol. The van der Waals surface area contributed by atoms with Crippen molar-refractivity contribution in [3.63, 3.8) is 0 Å². The van der Waals surface area contributed by atoms with E-state index in [9.17, 15) is 9.59 Å². The number of carbonyl (C=O) groups excluding carboxylic acids is 2. The molecule has 4 rings (SSSR count). The average molecular weight is 447 g/mol. The van der Waals surface area contributed by atoms with E-state index in [2.05, 4.69) is 44.8 Å². The molecule has 1 saturated heterocycles. The minimum atomic E-state index is -0.621. The van der Waals surface area contributed by atoms with Gasteiger partial charge in [0.2, 0.25) is 11.8 Å².